The summed E-state index contributed by atoms with van der Waals surface area (Å²) >= 11 is 0. The van der Waals surface area contributed by atoms with Gasteiger partial charge >= 0.3 is 0 Å². The number of aliphatic hydroxyl groups is 2. The lowest BCUT2D eigenvalue weighted by atomic mass is 10.1. The zero-order valence-electron chi connectivity index (χ0n) is 8.76. The molecule has 4 nitrogen and oxygen atoms in total. The van der Waals surface area contributed by atoms with Crippen molar-refractivity contribution in [1.29, 1.82) is 0 Å². The van der Waals surface area contributed by atoms with Crippen molar-refractivity contribution in [3.05, 3.63) is 29.8 Å². The van der Waals surface area contributed by atoms with Crippen LogP contribution in [-0.4, -0.2) is 29.5 Å². The summed E-state index contributed by atoms with van der Waals surface area (Å²) in [5.41, 5.74) is 6.73. The third-order valence-corrected chi connectivity index (χ3v) is 2.06. The summed E-state index contributed by atoms with van der Waals surface area (Å²) in [5, 5.41) is 17.7. The van der Waals surface area contributed by atoms with E-state index in [0.29, 0.717) is 5.75 Å². The Morgan fingerprint density at radius 1 is 1.33 bits per heavy atom. The van der Waals surface area contributed by atoms with E-state index in [9.17, 15) is 0 Å². The van der Waals surface area contributed by atoms with Crippen molar-refractivity contribution in [2.45, 2.75) is 19.1 Å². The van der Waals surface area contributed by atoms with Crippen molar-refractivity contribution < 1.29 is 14.9 Å². The summed E-state index contributed by atoms with van der Waals surface area (Å²) in [6.07, 6.45) is -0.835. The molecule has 1 rings (SSSR count). The molecular formula is C11H17NO3. The third-order valence-electron chi connectivity index (χ3n) is 2.06. The van der Waals surface area contributed by atoms with Gasteiger partial charge in [-0.05, 0) is 24.6 Å². The van der Waals surface area contributed by atoms with Gasteiger partial charge in [0.2, 0.25) is 0 Å². The minimum Gasteiger partial charge on any atom is -0.491 e. The van der Waals surface area contributed by atoms with E-state index in [4.69, 9.17) is 20.7 Å². The molecule has 2 unspecified atom stereocenters. The van der Waals surface area contributed by atoms with Crippen LogP contribution in [0.1, 0.15) is 18.5 Å². The van der Waals surface area contributed by atoms with Crippen LogP contribution in [-0.2, 0) is 0 Å². The van der Waals surface area contributed by atoms with Gasteiger partial charge in [-0.1, -0.05) is 12.1 Å². The monoisotopic (exact) mass is 211 g/mol. The van der Waals surface area contributed by atoms with Gasteiger partial charge in [0.1, 0.15) is 18.5 Å². The molecule has 4 N–H and O–H groups in total. The molecule has 0 heterocycles. The van der Waals surface area contributed by atoms with Gasteiger partial charge in [0, 0.05) is 6.04 Å². The zero-order chi connectivity index (χ0) is 11.3. The molecule has 84 valence electrons. The average Bonchev–Trinajstić information content (AvgIpc) is 2.26. The lowest BCUT2D eigenvalue weighted by molar-refractivity contribution is 0.0536. The fourth-order valence-corrected chi connectivity index (χ4v) is 1.11. The van der Waals surface area contributed by atoms with Crippen molar-refractivity contribution in [2.75, 3.05) is 13.2 Å². The molecule has 0 aliphatic heterocycles. The Morgan fingerprint density at radius 2 is 1.93 bits per heavy atom. The van der Waals surface area contributed by atoms with E-state index in [1.54, 1.807) is 12.1 Å². The molecule has 1 aromatic rings. The van der Waals surface area contributed by atoms with Gasteiger partial charge in [-0.15, -0.1) is 0 Å². The summed E-state index contributed by atoms with van der Waals surface area (Å²) in [4.78, 5) is 0. The van der Waals surface area contributed by atoms with Crippen LogP contribution < -0.4 is 10.5 Å². The van der Waals surface area contributed by atoms with E-state index in [2.05, 4.69) is 0 Å². The van der Waals surface area contributed by atoms with E-state index < -0.39 is 6.10 Å². The summed E-state index contributed by atoms with van der Waals surface area (Å²) in [5.74, 6) is 0.659. The van der Waals surface area contributed by atoms with E-state index in [-0.39, 0.29) is 19.3 Å². The van der Waals surface area contributed by atoms with Crippen molar-refractivity contribution in [3.63, 3.8) is 0 Å². The first-order valence-corrected chi connectivity index (χ1v) is 4.90. The van der Waals surface area contributed by atoms with Crippen LogP contribution in [0, 0.1) is 0 Å². The van der Waals surface area contributed by atoms with E-state index in [0.717, 1.165) is 5.56 Å². The Kier molecular flexibility index (Phi) is 4.55. The molecule has 0 spiro atoms. The van der Waals surface area contributed by atoms with Crippen molar-refractivity contribution in [1.82, 2.24) is 0 Å². The highest BCUT2D eigenvalue weighted by molar-refractivity contribution is 5.28. The van der Waals surface area contributed by atoms with Crippen molar-refractivity contribution in [2.24, 2.45) is 5.73 Å². The van der Waals surface area contributed by atoms with Crippen LogP contribution in [0.4, 0.5) is 0 Å². The predicted octanol–water partition coefficient (Wildman–Crippen LogP) is 0.438. The second-order valence-electron chi connectivity index (χ2n) is 3.51. The van der Waals surface area contributed by atoms with Crippen molar-refractivity contribution in [3.8, 4) is 5.75 Å². The van der Waals surface area contributed by atoms with Gasteiger partial charge < -0.3 is 20.7 Å². The first-order valence-electron chi connectivity index (χ1n) is 4.90. The topological polar surface area (TPSA) is 75.7 Å². The molecule has 15 heavy (non-hydrogen) atoms. The molecule has 0 aliphatic rings. The number of benzene rings is 1. The van der Waals surface area contributed by atoms with Gasteiger partial charge in [-0.3, -0.25) is 0 Å². The molecule has 0 fully saturated rings. The SMILES string of the molecule is CC(N)c1ccc(OCC(O)CO)cc1. The summed E-state index contributed by atoms with van der Waals surface area (Å²) in [6.45, 7) is 1.71. The molecule has 2 atom stereocenters. The maximum atomic E-state index is 9.07. The number of ether oxygens (including phenoxy) is 1. The lowest BCUT2D eigenvalue weighted by Crippen LogP contribution is -2.21. The Morgan fingerprint density at radius 3 is 2.40 bits per heavy atom. The molecular weight excluding hydrogens is 194 g/mol. The smallest absolute Gasteiger partial charge is 0.119 e. The van der Waals surface area contributed by atoms with Gasteiger partial charge in [-0.25, -0.2) is 0 Å². The van der Waals surface area contributed by atoms with Crippen LogP contribution in [0.2, 0.25) is 0 Å². The van der Waals surface area contributed by atoms with E-state index in [1.165, 1.54) is 0 Å². The first kappa shape index (κ1) is 12.0. The highest BCUT2D eigenvalue weighted by Gasteiger charge is 2.03. The average molecular weight is 211 g/mol. The second-order valence-corrected chi connectivity index (χ2v) is 3.51. The molecule has 0 amide bonds. The first-order chi connectivity index (χ1) is 7.13. The van der Waals surface area contributed by atoms with Gasteiger partial charge in [0.25, 0.3) is 0 Å². The van der Waals surface area contributed by atoms with Crippen LogP contribution in [0.3, 0.4) is 0 Å². The summed E-state index contributed by atoms with van der Waals surface area (Å²) in [6, 6.07) is 7.35. The molecule has 0 saturated carbocycles. The summed E-state index contributed by atoms with van der Waals surface area (Å²) in [7, 11) is 0. The normalized spacial score (nSPS) is 14.7. The maximum Gasteiger partial charge on any atom is 0.119 e. The Labute approximate surface area is 89.3 Å². The summed E-state index contributed by atoms with van der Waals surface area (Å²) < 4.78 is 5.24. The third kappa shape index (κ3) is 3.87. The highest BCUT2D eigenvalue weighted by atomic mass is 16.5. The quantitative estimate of drug-likeness (QED) is 0.660. The Bertz CT molecular complexity index is 284. The Hall–Kier alpha value is -1.10. The standard InChI is InChI=1S/C11H17NO3/c1-8(12)9-2-4-11(5-3-9)15-7-10(14)6-13/h2-5,8,10,13-14H,6-7,12H2,1H3. The van der Waals surface area contributed by atoms with Gasteiger partial charge in [0.05, 0.1) is 6.61 Å². The molecule has 0 aromatic heterocycles. The van der Waals surface area contributed by atoms with Gasteiger partial charge in [0.15, 0.2) is 0 Å². The molecule has 0 radical (unpaired) electrons. The van der Waals surface area contributed by atoms with Gasteiger partial charge in [-0.2, -0.15) is 0 Å². The van der Waals surface area contributed by atoms with Crippen LogP contribution >= 0.6 is 0 Å². The zero-order valence-corrected chi connectivity index (χ0v) is 8.76. The second kappa shape index (κ2) is 5.70. The number of hydrogen-bond donors (Lipinski definition) is 3. The minimum absolute atomic E-state index is 0.00193. The maximum absolute atomic E-state index is 9.07. The number of hydrogen-bond acceptors (Lipinski definition) is 4. The fraction of sp³-hybridized carbons (Fsp3) is 0.455. The van der Waals surface area contributed by atoms with Crippen LogP contribution in [0.25, 0.3) is 0 Å². The largest absolute Gasteiger partial charge is 0.491 e. The van der Waals surface area contributed by atoms with Crippen molar-refractivity contribution >= 4 is 0 Å². The van der Waals surface area contributed by atoms with E-state index >= 15 is 0 Å². The number of rotatable bonds is 5. The highest BCUT2D eigenvalue weighted by Crippen LogP contribution is 2.16. The molecule has 0 aliphatic carbocycles. The van der Waals surface area contributed by atoms with Crippen LogP contribution in [0.15, 0.2) is 24.3 Å². The molecule has 1 aromatic carbocycles. The predicted molar refractivity (Wildman–Crippen MR) is 57.6 cm³/mol. The minimum atomic E-state index is -0.835. The van der Waals surface area contributed by atoms with E-state index in [1.807, 2.05) is 19.1 Å². The number of nitrogens with two attached hydrogens (primary N) is 1. The fourth-order valence-electron chi connectivity index (χ4n) is 1.11. The Balaban J connectivity index is 2.50. The molecule has 0 saturated heterocycles. The lowest BCUT2D eigenvalue weighted by Gasteiger charge is -2.11. The van der Waals surface area contributed by atoms with Crippen LogP contribution in [0.5, 0.6) is 5.75 Å². The number of aliphatic hydroxyl groups excluding tert-OH is 2. The molecule has 4 heteroatoms. The molecule has 0 bridgehead atoms.